The summed E-state index contributed by atoms with van der Waals surface area (Å²) in [5.41, 5.74) is 2.78. The average Bonchev–Trinajstić information content (AvgIpc) is 2.40. The predicted octanol–water partition coefficient (Wildman–Crippen LogP) is 2.38. The van der Waals surface area contributed by atoms with E-state index in [9.17, 15) is 0 Å². The molecular weight excluding hydrogens is 174 g/mol. The maximum absolute atomic E-state index is 8.89. The minimum Gasteiger partial charge on any atom is -0.268 e. The van der Waals surface area contributed by atoms with Crippen molar-refractivity contribution in [1.82, 2.24) is 9.78 Å². The van der Waals surface area contributed by atoms with Crippen LogP contribution in [0.15, 0.2) is 0 Å². The molecule has 0 saturated heterocycles. The Balaban J connectivity index is 3.42. The molecule has 3 nitrogen and oxygen atoms in total. The van der Waals surface area contributed by atoms with Crippen LogP contribution in [0.5, 0.6) is 0 Å². The molecule has 0 radical (unpaired) electrons. The molecule has 1 rings (SSSR count). The standard InChI is InChI=1S/C11H17N3/c1-6-14-10(11(3,4)5)8(2)9(7-12)13-14/h6H2,1-5H3. The van der Waals surface area contributed by atoms with Gasteiger partial charge in [-0.25, -0.2) is 0 Å². The number of aromatic nitrogens is 2. The van der Waals surface area contributed by atoms with Crippen LogP contribution in [0.1, 0.15) is 44.6 Å². The maximum atomic E-state index is 8.89. The fourth-order valence-electron chi connectivity index (χ4n) is 1.84. The Morgan fingerprint density at radius 3 is 2.29 bits per heavy atom. The molecule has 0 fully saturated rings. The zero-order valence-electron chi connectivity index (χ0n) is 9.55. The smallest absolute Gasteiger partial charge is 0.165 e. The highest BCUT2D eigenvalue weighted by Gasteiger charge is 2.24. The van der Waals surface area contributed by atoms with Gasteiger partial charge in [-0.2, -0.15) is 10.4 Å². The highest BCUT2D eigenvalue weighted by atomic mass is 15.3. The van der Waals surface area contributed by atoms with E-state index >= 15 is 0 Å². The second-order valence-electron chi connectivity index (χ2n) is 4.50. The first kappa shape index (κ1) is 10.8. The van der Waals surface area contributed by atoms with Gasteiger partial charge in [0.1, 0.15) is 6.07 Å². The van der Waals surface area contributed by atoms with Gasteiger partial charge >= 0.3 is 0 Å². The first-order valence-corrected chi connectivity index (χ1v) is 4.89. The first-order chi connectivity index (χ1) is 6.41. The molecule has 14 heavy (non-hydrogen) atoms. The maximum Gasteiger partial charge on any atom is 0.165 e. The second-order valence-corrected chi connectivity index (χ2v) is 4.50. The summed E-state index contributed by atoms with van der Waals surface area (Å²) in [5, 5.41) is 13.2. The molecule has 0 aliphatic carbocycles. The van der Waals surface area contributed by atoms with Gasteiger partial charge in [0.15, 0.2) is 5.69 Å². The van der Waals surface area contributed by atoms with Crippen molar-refractivity contribution in [2.24, 2.45) is 0 Å². The monoisotopic (exact) mass is 191 g/mol. The highest BCUT2D eigenvalue weighted by molar-refractivity contribution is 5.37. The molecule has 3 heteroatoms. The quantitative estimate of drug-likeness (QED) is 0.684. The fraction of sp³-hybridized carbons (Fsp3) is 0.636. The Bertz CT molecular complexity index is 374. The molecule has 0 saturated carbocycles. The summed E-state index contributed by atoms with van der Waals surface area (Å²) in [4.78, 5) is 0. The Kier molecular flexibility index (Phi) is 2.66. The van der Waals surface area contributed by atoms with Crippen molar-refractivity contribution in [3.8, 4) is 6.07 Å². The molecule has 0 bridgehead atoms. The molecule has 1 aromatic heterocycles. The Morgan fingerprint density at radius 2 is 2.00 bits per heavy atom. The van der Waals surface area contributed by atoms with Crippen molar-refractivity contribution in [3.63, 3.8) is 0 Å². The molecular formula is C11H17N3. The zero-order valence-corrected chi connectivity index (χ0v) is 9.55. The van der Waals surface area contributed by atoms with Crippen molar-refractivity contribution in [3.05, 3.63) is 17.0 Å². The van der Waals surface area contributed by atoms with Gasteiger partial charge in [-0.3, -0.25) is 4.68 Å². The van der Waals surface area contributed by atoms with E-state index < -0.39 is 0 Å². The van der Waals surface area contributed by atoms with Crippen LogP contribution < -0.4 is 0 Å². The van der Waals surface area contributed by atoms with Crippen LogP contribution in [0, 0.1) is 18.3 Å². The summed E-state index contributed by atoms with van der Waals surface area (Å²) in [7, 11) is 0. The van der Waals surface area contributed by atoms with Gasteiger partial charge in [0, 0.05) is 23.2 Å². The molecule has 0 atom stereocenters. The van der Waals surface area contributed by atoms with E-state index in [2.05, 4.69) is 31.9 Å². The van der Waals surface area contributed by atoms with E-state index in [1.165, 1.54) is 0 Å². The van der Waals surface area contributed by atoms with E-state index in [0.29, 0.717) is 5.69 Å². The Morgan fingerprint density at radius 1 is 1.43 bits per heavy atom. The van der Waals surface area contributed by atoms with E-state index in [4.69, 9.17) is 5.26 Å². The number of nitrogens with zero attached hydrogens (tertiary/aromatic N) is 3. The van der Waals surface area contributed by atoms with Crippen LogP contribution in [-0.2, 0) is 12.0 Å². The summed E-state index contributed by atoms with van der Waals surface area (Å²) in [5.74, 6) is 0. The molecule has 0 unspecified atom stereocenters. The van der Waals surface area contributed by atoms with Crippen molar-refractivity contribution in [1.29, 1.82) is 5.26 Å². The van der Waals surface area contributed by atoms with Crippen LogP contribution in [-0.4, -0.2) is 9.78 Å². The number of rotatable bonds is 1. The molecule has 76 valence electrons. The van der Waals surface area contributed by atoms with E-state index in [0.717, 1.165) is 17.8 Å². The Hall–Kier alpha value is -1.30. The van der Waals surface area contributed by atoms with Crippen molar-refractivity contribution in [2.75, 3.05) is 0 Å². The van der Waals surface area contributed by atoms with E-state index in [1.54, 1.807) is 0 Å². The third-order valence-electron chi connectivity index (χ3n) is 2.31. The number of aryl methyl sites for hydroxylation is 1. The van der Waals surface area contributed by atoms with E-state index in [1.807, 2.05) is 18.5 Å². The lowest BCUT2D eigenvalue weighted by Gasteiger charge is -2.20. The van der Waals surface area contributed by atoms with Crippen molar-refractivity contribution in [2.45, 2.75) is 46.6 Å². The van der Waals surface area contributed by atoms with Gasteiger partial charge in [0.25, 0.3) is 0 Å². The molecule has 0 amide bonds. The lowest BCUT2D eigenvalue weighted by Crippen LogP contribution is -2.19. The van der Waals surface area contributed by atoms with Gasteiger partial charge in [0.05, 0.1) is 0 Å². The number of hydrogen-bond donors (Lipinski definition) is 0. The minimum absolute atomic E-state index is 0.0438. The topological polar surface area (TPSA) is 41.6 Å². The normalized spacial score (nSPS) is 11.4. The van der Waals surface area contributed by atoms with Crippen LogP contribution >= 0.6 is 0 Å². The van der Waals surface area contributed by atoms with Gasteiger partial charge in [-0.15, -0.1) is 0 Å². The minimum atomic E-state index is 0.0438. The Labute approximate surface area is 85.4 Å². The van der Waals surface area contributed by atoms with Crippen molar-refractivity contribution < 1.29 is 0 Å². The fourth-order valence-corrected chi connectivity index (χ4v) is 1.84. The molecule has 0 N–H and O–H groups in total. The molecule has 0 spiro atoms. The third-order valence-corrected chi connectivity index (χ3v) is 2.31. The molecule has 1 aromatic rings. The summed E-state index contributed by atoms with van der Waals surface area (Å²) in [6, 6.07) is 2.13. The zero-order chi connectivity index (χ0) is 10.9. The summed E-state index contributed by atoms with van der Waals surface area (Å²) in [6.45, 7) is 11.3. The van der Waals surface area contributed by atoms with Gasteiger partial charge in [-0.1, -0.05) is 20.8 Å². The van der Waals surface area contributed by atoms with Crippen LogP contribution in [0.4, 0.5) is 0 Å². The van der Waals surface area contributed by atoms with Crippen LogP contribution in [0.25, 0.3) is 0 Å². The largest absolute Gasteiger partial charge is 0.268 e. The summed E-state index contributed by atoms with van der Waals surface area (Å²) < 4.78 is 1.92. The van der Waals surface area contributed by atoms with Crippen LogP contribution in [0.3, 0.4) is 0 Å². The van der Waals surface area contributed by atoms with E-state index in [-0.39, 0.29) is 5.41 Å². The summed E-state index contributed by atoms with van der Waals surface area (Å²) in [6.07, 6.45) is 0. The molecule has 0 aromatic carbocycles. The average molecular weight is 191 g/mol. The van der Waals surface area contributed by atoms with Gasteiger partial charge in [0.2, 0.25) is 0 Å². The lowest BCUT2D eigenvalue weighted by atomic mass is 9.89. The number of hydrogen-bond acceptors (Lipinski definition) is 2. The molecule has 1 heterocycles. The first-order valence-electron chi connectivity index (χ1n) is 4.89. The van der Waals surface area contributed by atoms with Crippen LogP contribution in [0.2, 0.25) is 0 Å². The number of nitriles is 1. The molecule has 0 aliphatic rings. The summed E-state index contributed by atoms with van der Waals surface area (Å²) >= 11 is 0. The van der Waals surface area contributed by atoms with Gasteiger partial charge in [-0.05, 0) is 13.8 Å². The lowest BCUT2D eigenvalue weighted by molar-refractivity contribution is 0.495. The predicted molar refractivity (Wildman–Crippen MR) is 56.1 cm³/mol. The third kappa shape index (κ3) is 1.65. The van der Waals surface area contributed by atoms with Gasteiger partial charge < -0.3 is 0 Å². The highest BCUT2D eigenvalue weighted by Crippen LogP contribution is 2.27. The molecule has 0 aliphatic heterocycles. The SMILES string of the molecule is CCn1nc(C#N)c(C)c1C(C)(C)C. The van der Waals surface area contributed by atoms with Crippen molar-refractivity contribution >= 4 is 0 Å². The second kappa shape index (κ2) is 3.45.